The van der Waals surface area contributed by atoms with Crippen molar-refractivity contribution in [2.75, 3.05) is 12.0 Å². The summed E-state index contributed by atoms with van der Waals surface area (Å²) < 4.78 is 7.00. The lowest BCUT2D eigenvalue weighted by Gasteiger charge is -2.34. The summed E-state index contributed by atoms with van der Waals surface area (Å²) in [5.41, 5.74) is 3.42. The van der Waals surface area contributed by atoms with Crippen LogP contribution in [0.15, 0.2) is 85.1 Å². The zero-order valence-electron chi connectivity index (χ0n) is 23.8. The number of aromatic nitrogens is 4. The minimum absolute atomic E-state index is 0.0651. The summed E-state index contributed by atoms with van der Waals surface area (Å²) in [5, 5.41) is 12.7. The third kappa shape index (κ3) is 5.42. The van der Waals surface area contributed by atoms with Crippen molar-refractivity contribution >= 4 is 39.4 Å². The Morgan fingerprint density at radius 2 is 1.67 bits per heavy atom. The first kappa shape index (κ1) is 27.4. The standard InChI is InChI=1S/C33H34N6O3/c1-22(39-30-15-9-8-14-29(30)36-37-39)33(41)38(26-20-24-10-6-7-13-28(24)34-21-26)31(23-16-18-27(42-2)19-17-23)32(40)35-25-11-4-3-5-12-25/h6-10,13-22,25,31H,3-5,11-12H2,1-2H3,(H,35,40)/t22-,31-/m1/s1. The molecule has 1 N–H and O–H groups in total. The molecule has 6 rings (SSSR count). The number of benzene rings is 3. The molecule has 5 aromatic rings. The lowest BCUT2D eigenvalue weighted by atomic mass is 9.94. The van der Waals surface area contributed by atoms with Crippen molar-refractivity contribution in [1.82, 2.24) is 25.3 Å². The van der Waals surface area contributed by atoms with Gasteiger partial charge in [-0.25, -0.2) is 4.68 Å². The number of pyridine rings is 1. The molecule has 1 fully saturated rings. The molecule has 2 amide bonds. The van der Waals surface area contributed by atoms with Gasteiger partial charge in [0.05, 0.1) is 30.0 Å². The monoisotopic (exact) mass is 562 g/mol. The van der Waals surface area contributed by atoms with Crippen molar-refractivity contribution in [2.24, 2.45) is 0 Å². The molecule has 42 heavy (non-hydrogen) atoms. The van der Waals surface area contributed by atoms with Gasteiger partial charge in [-0.3, -0.25) is 19.5 Å². The molecule has 2 heterocycles. The van der Waals surface area contributed by atoms with Gasteiger partial charge in [0, 0.05) is 11.4 Å². The first-order valence-corrected chi connectivity index (χ1v) is 14.5. The van der Waals surface area contributed by atoms with E-state index in [1.807, 2.05) is 78.9 Å². The van der Waals surface area contributed by atoms with Crippen molar-refractivity contribution in [3.05, 3.63) is 90.6 Å². The van der Waals surface area contributed by atoms with Crippen LogP contribution in [-0.4, -0.2) is 44.9 Å². The van der Waals surface area contributed by atoms with Crippen LogP contribution < -0.4 is 15.0 Å². The van der Waals surface area contributed by atoms with E-state index in [0.29, 0.717) is 22.5 Å². The van der Waals surface area contributed by atoms with Crippen molar-refractivity contribution in [3.63, 3.8) is 0 Å². The second-order valence-electron chi connectivity index (χ2n) is 10.8. The van der Waals surface area contributed by atoms with E-state index in [9.17, 15) is 9.59 Å². The minimum atomic E-state index is -0.953. The number of ether oxygens (including phenoxy) is 1. The molecule has 1 aliphatic rings. The number of methoxy groups -OCH3 is 1. The molecule has 2 atom stereocenters. The van der Waals surface area contributed by atoms with Crippen LogP contribution in [0.4, 0.5) is 5.69 Å². The second kappa shape index (κ2) is 12.0. The van der Waals surface area contributed by atoms with Crippen molar-refractivity contribution in [1.29, 1.82) is 0 Å². The molecule has 0 aliphatic heterocycles. The molecule has 1 saturated carbocycles. The Bertz CT molecular complexity index is 1710. The Hall–Kier alpha value is -4.79. The van der Waals surface area contributed by atoms with Crippen molar-refractivity contribution in [3.8, 4) is 5.75 Å². The number of rotatable bonds is 8. The van der Waals surface area contributed by atoms with Gasteiger partial charge in [-0.15, -0.1) is 5.10 Å². The van der Waals surface area contributed by atoms with Gasteiger partial charge in [0.1, 0.15) is 23.3 Å². The largest absolute Gasteiger partial charge is 0.497 e. The van der Waals surface area contributed by atoms with Crippen molar-refractivity contribution in [2.45, 2.75) is 57.2 Å². The van der Waals surface area contributed by atoms with E-state index in [0.717, 1.165) is 42.1 Å². The number of carbonyl (C=O) groups is 2. The Morgan fingerprint density at radius 3 is 2.43 bits per heavy atom. The highest BCUT2D eigenvalue weighted by atomic mass is 16.5. The fourth-order valence-corrected chi connectivity index (χ4v) is 5.80. The first-order valence-electron chi connectivity index (χ1n) is 14.5. The van der Waals surface area contributed by atoms with Gasteiger partial charge in [0.15, 0.2) is 0 Å². The fraction of sp³-hybridized carbons (Fsp3) is 0.303. The summed E-state index contributed by atoms with van der Waals surface area (Å²) in [6.07, 6.45) is 6.83. The van der Waals surface area contributed by atoms with E-state index in [2.05, 4.69) is 20.6 Å². The predicted octanol–water partition coefficient (Wildman–Crippen LogP) is 5.77. The summed E-state index contributed by atoms with van der Waals surface area (Å²) in [7, 11) is 1.60. The number of anilines is 1. The molecule has 0 saturated heterocycles. The van der Waals surface area contributed by atoms with Crippen molar-refractivity contribution < 1.29 is 14.3 Å². The minimum Gasteiger partial charge on any atom is -0.497 e. The molecule has 2 aromatic heterocycles. The van der Waals surface area contributed by atoms with Crippen LogP contribution in [-0.2, 0) is 9.59 Å². The van der Waals surface area contributed by atoms with Crippen LogP contribution >= 0.6 is 0 Å². The van der Waals surface area contributed by atoms with E-state index < -0.39 is 12.1 Å². The summed E-state index contributed by atoms with van der Waals surface area (Å²) in [4.78, 5) is 35.2. The van der Waals surface area contributed by atoms with E-state index in [1.54, 1.807) is 29.8 Å². The number of amides is 2. The fourth-order valence-electron chi connectivity index (χ4n) is 5.80. The highest BCUT2D eigenvalue weighted by Crippen LogP contribution is 2.33. The SMILES string of the molecule is COc1ccc([C@H](C(=O)NC2CCCCC2)N(C(=O)[C@@H](C)n2nnc3ccccc32)c2cnc3ccccc3c2)cc1. The third-order valence-corrected chi connectivity index (χ3v) is 8.08. The van der Waals surface area contributed by atoms with Crippen LogP contribution in [0.3, 0.4) is 0 Å². The Labute approximate surface area is 244 Å². The van der Waals surface area contributed by atoms with E-state index in [-0.39, 0.29) is 17.9 Å². The van der Waals surface area contributed by atoms with E-state index in [4.69, 9.17) is 4.74 Å². The molecule has 214 valence electrons. The van der Waals surface area contributed by atoms with Crippen LogP contribution in [0.1, 0.15) is 56.7 Å². The normalized spacial score (nSPS) is 15.3. The van der Waals surface area contributed by atoms with Gasteiger partial charge in [0.25, 0.3) is 5.91 Å². The average Bonchev–Trinajstić information content (AvgIpc) is 3.47. The zero-order chi connectivity index (χ0) is 29.1. The van der Waals surface area contributed by atoms with Crippen LogP contribution in [0.2, 0.25) is 0 Å². The molecule has 0 unspecified atom stereocenters. The molecule has 0 spiro atoms. The number of carbonyl (C=O) groups excluding carboxylic acids is 2. The molecule has 1 aliphatic carbocycles. The summed E-state index contributed by atoms with van der Waals surface area (Å²) in [6, 6.07) is 22.8. The van der Waals surface area contributed by atoms with Gasteiger partial charge in [-0.2, -0.15) is 0 Å². The molecule has 9 heteroatoms. The highest BCUT2D eigenvalue weighted by Gasteiger charge is 2.37. The summed E-state index contributed by atoms with van der Waals surface area (Å²) in [5.74, 6) is 0.129. The Kier molecular flexibility index (Phi) is 7.81. The maximum atomic E-state index is 14.7. The molecule has 9 nitrogen and oxygen atoms in total. The Balaban J connectivity index is 1.48. The van der Waals surface area contributed by atoms with Gasteiger partial charge in [-0.1, -0.05) is 66.9 Å². The van der Waals surface area contributed by atoms with Gasteiger partial charge in [0.2, 0.25) is 5.91 Å². The van der Waals surface area contributed by atoms with E-state index in [1.165, 1.54) is 6.42 Å². The quantitative estimate of drug-likeness (QED) is 0.258. The summed E-state index contributed by atoms with van der Waals surface area (Å²) in [6.45, 7) is 1.79. The third-order valence-electron chi connectivity index (χ3n) is 8.08. The van der Waals surface area contributed by atoms with Crippen LogP contribution in [0.5, 0.6) is 5.75 Å². The lowest BCUT2D eigenvalue weighted by Crippen LogP contribution is -2.49. The Morgan fingerprint density at radius 1 is 0.952 bits per heavy atom. The smallest absolute Gasteiger partial charge is 0.252 e. The number of hydrogen-bond acceptors (Lipinski definition) is 6. The predicted molar refractivity (Wildman–Crippen MR) is 162 cm³/mol. The van der Waals surface area contributed by atoms with E-state index >= 15 is 0 Å². The number of hydrogen-bond donors (Lipinski definition) is 1. The number of nitrogens with one attached hydrogen (secondary N) is 1. The summed E-state index contributed by atoms with van der Waals surface area (Å²) >= 11 is 0. The highest BCUT2D eigenvalue weighted by molar-refractivity contribution is 6.04. The zero-order valence-corrected chi connectivity index (χ0v) is 23.8. The first-order chi connectivity index (χ1) is 20.5. The molecule has 3 aromatic carbocycles. The average molecular weight is 563 g/mol. The molecule has 0 radical (unpaired) electrons. The number of para-hydroxylation sites is 2. The second-order valence-corrected chi connectivity index (χ2v) is 10.8. The van der Waals surface area contributed by atoms with Gasteiger partial charge >= 0.3 is 0 Å². The van der Waals surface area contributed by atoms with Crippen LogP contribution in [0.25, 0.3) is 21.9 Å². The number of nitrogens with zero attached hydrogens (tertiary/aromatic N) is 5. The molecular formula is C33H34N6O3. The molecular weight excluding hydrogens is 528 g/mol. The maximum absolute atomic E-state index is 14.7. The molecule has 0 bridgehead atoms. The topological polar surface area (TPSA) is 102 Å². The lowest BCUT2D eigenvalue weighted by molar-refractivity contribution is -0.128. The maximum Gasteiger partial charge on any atom is 0.252 e. The number of fused-ring (bicyclic) bond motifs is 2. The van der Waals surface area contributed by atoms with Gasteiger partial charge < -0.3 is 10.1 Å². The van der Waals surface area contributed by atoms with Gasteiger partial charge in [-0.05, 0) is 61.7 Å². The van der Waals surface area contributed by atoms with Crippen LogP contribution in [0, 0.1) is 0 Å².